The Morgan fingerprint density at radius 2 is 1.35 bits per heavy atom. The zero-order chi connectivity index (χ0) is 34.8. The first-order valence-electron chi connectivity index (χ1n) is 15.3. The molecule has 252 valence electrons. The van der Waals surface area contributed by atoms with E-state index in [1.807, 2.05) is 24.3 Å². The van der Waals surface area contributed by atoms with Crippen LogP contribution in [-0.4, -0.2) is 31.8 Å². The van der Waals surface area contributed by atoms with Crippen LogP contribution in [0.15, 0.2) is 122 Å². The van der Waals surface area contributed by atoms with Gasteiger partial charge in [-0.15, -0.1) is 10.2 Å². The molecule has 5 aromatic carbocycles. The molecule has 5 aromatic rings. The monoisotopic (exact) mass is 745 g/mol. The van der Waals surface area contributed by atoms with Gasteiger partial charge in [0.15, 0.2) is 5.75 Å². The second kappa shape index (κ2) is 17.1. The summed E-state index contributed by atoms with van der Waals surface area (Å²) in [7, 11) is -10.1. The van der Waals surface area contributed by atoms with Gasteiger partial charge in [-0.05, 0) is 77.6 Å². The molecule has 0 amide bonds. The molecule has 2 N–H and O–H groups in total. The van der Waals surface area contributed by atoms with E-state index in [-0.39, 0.29) is 81.5 Å². The van der Waals surface area contributed by atoms with Crippen LogP contribution in [0, 0.1) is 0 Å². The summed E-state index contributed by atoms with van der Waals surface area (Å²) in [5.74, 6) is -0.772. The van der Waals surface area contributed by atoms with Crippen molar-refractivity contribution in [2.75, 3.05) is 0 Å². The van der Waals surface area contributed by atoms with Crippen molar-refractivity contribution in [3.8, 4) is 17.2 Å². The molecule has 0 spiro atoms. The number of nitrogens with zero attached hydrogens (tertiary/aromatic N) is 3. The zero-order valence-corrected chi connectivity index (χ0v) is 33.4. The van der Waals surface area contributed by atoms with Gasteiger partial charge in [0.05, 0.1) is 16.3 Å². The number of hydrogen-bond acceptors (Lipinski definition) is 10. The van der Waals surface area contributed by atoms with Crippen molar-refractivity contribution in [2.45, 2.75) is 47.8 Å². The summed E-state index contributed by atoms with van der Waals surface area (Å²) >= 11 is 0. The Bertz CT molecular complexity index is 2330. The first kappa shape index (κ1) is 40.6. The number of rotatable bonds is 9. The van der Waals surface area contributed by atoms with Crippen LogP contribution < -0.4 is 74.1 Å². The largest absolute Gasteiger partial charge is 1.00 e. The summed E-state index contributed by atoms with van der Waals surface area (Å²) in [5, 5.41) is 34.3. The predicted molar refractivity (Wildman–Crippen MR) is 179 cm³/mol. The Balaban J connectivity index is 0.00000292. The van der Waals surface area contributed by atoms with Crippen molar-refractivity contribution < 1.29 is 100 Å². The summed E-state index contributed by atoms with van der Waals surface area (Å²) in [5.41, 5.74) is -0.0188. The Morgan fingerprint density at radius 1 is 0.725 bits per heavy atom. The molecule has 0 aliphatic heterocycles. The van der Waals surface area contributed by atoms with E-state index in [2.05, 4.69) is 15.2 Å². The summed E-state index contributed by atoms with van der Waals surface area (Å²) in [4.78, 5) is 2.18. The van der Waals surface area contributed by atoms with E-state index in [1.54, 1.807) is 42.5 Å². The molecule has 1 aliphatic carbocycles. The van der Waals surface area contributed by atoms with E-state index in [9.17, 15) is 36.2 Å². The second-order valence-electron chi connectivity index (χ2n) is 11.5. The Morgan fingerprint density at radius 3 is 2.02 bits per heavy atom. The van der Waals surface area contributed by atoms with Crippen molar-refractivity contribution in [3.63, 3.8) is 0 Å². The van der Waals surface area contributed by atoms with Crippen LogP contribution in [0.1, 0.15) is 49.1 Å². The van der Waals surface area contributed by atoms with Gasteiger partial charge >= 0.3 is 59.1 Å². The van der Waals surface area contributed by atoms with Crippen LogP contribution in [0.25, 0.3) is 10.8 Å². The topological polar surface area (TPSA) is 201 Å². The van der Waals surface area contributed by atoms with Gasteiger partial charge in [0.25, 0.3) is 20.2 Å². The maximum atomic E-state index is 14.0. The Labute approximate surface area is 339 Å². The van der Waals surface area contributed by atoms with E-state index in [4.69, 9.17) is 4.74 Å². The molecule has 1 aliphatic rings. The number of hydrogen-bond donors (Lipinski definition) is 2. The zero-order valence-electron chi connectivity index (χ0n) is 27.8. The minimum atomic E-state index is -5.15. The normalized spacial score (nSPS) is 14.2. The molecule has 51 heavy (non-hydrogen) atoms. The summed E-state index contributed by atoms with van der Waals surface area (Å²) in [6.45, 7) is 0. The number of ether oxygens (including phenoxy) is 1. The second-order valence-corrected chi connectivity index (χ2v) is 14.3. The third-order valence-corrected chi connectivity index (χ3v) is 9.91. The number of azo groups is 1. The molecule has 0 aromatic heterocycles. The van der Waals surface area contributed by atoms with Crippen LogP contribution in [-0.2, 0) is 20.2 Å². The number of fused-ring (bicyclic) bond motifs is 1. The van der Waals surface area contributed by atoms with Gasteiger partial charge in [0.1, 0.15) is 16.3 Å². The minimum Gasteiger partial charge on any atom is -0.870 e. The molecule has 1 saturated carbocycles. The summed E-state index contributed by atoms with van der Waals surface area (Å²) in [6.07, 6.45) is 5.49. The molecular formula is C35H29N3Na2O9S2. The molecular weight excluding hydrogens is 717 g/mol. The van der Waals surface area contributed by atoms with Gasteiger partial charge in [-0.25, -0.2) is 0 Å². The van der Waals surface area contributed by atoms with E-state index < -0.39 is 58.4 Å². The van der Waals surface area contributed by atoms with Gasteiger partial charge in [0.2, 0.25) is 0 Å². The Hall–Kier alpha value is -3.15. The maximum absolute atomic E-state index is 14.0. The molecule has 1 fully saturated rings. The first-order chi connectivity index (χ1) is 23.4. The van der Waals surface area contributed by atoms with Crippen molar-refractivity contribution in [3.05, 3.63) is 108 Å². The maximum Gasteiger partial charge on any atom is 1.00 e. The molecule has 0 saturated heterocycles. The fourth-order valence-electron chi connectivity index (χ4n) is 5.88. The average Bonchev–Trinajstić information content (AvgIpc) is 3.08. The van der Waals surface area contributed by atoms with E-state index in [0.717, 1.165) is 49.4 Å². The van der Waals surface area contributed by atoms with E-state index >= 15 is 0 Å². The predicted octanol–water partition coefficient (Wildman–Crippen LogP) is 1.11. The number of para-hydroxylation sites is 2. The third-order valence-electron chi connectivity index (χ3n) is 8.21. The van der Waals surface area contributed by atoms with Crippen LogP contribution in [0.3, 0.4) is 0 Å². The van der Waals surface area contributed by atoms with Gasteiger partial charge in [0, 0.05) is 5.39 Å². The van der Waals surface area contributed by atoms with Crippen molar-refractivity contribution in [1.82, 2.24) is 0 Å². The quantitative estimate of drug-likeness (QED) is 0.0729. The van der Waals surface area contributed by atoms with Gasteiger partial charge in [-0.2, -0.15) is 16.8 Å². The standard InChI is InChI=1S/C35H31N3O9S2.2Na/c39-34-32-24(19-25(48(41,42)43)21-28(32)36-35(40)23-13-5-2-6-14-23)20-31(49(44,45)46)33(34)38-37-27-16-8-10-18-30(27)47-29-17-9-7-15-26(29)22-11-3-1-4-12-22;;/h2,5-10,13-22,39H,1,3-4,11-12H2,(H,36,40)(H,41,42,43)(H,44,45,46);;/q;2*+1/p-2. The molecule has 0 bridgehead atoms. The van der Waals surface area contributed by atoms with Gasteiger partial charge in [-0.3, -0.25) is 14.1 Å². The molecule has 6 rings (SSSR count). The van der Waals surface area contributed by atoms with Crippen LogP contribution in [0.4, 0.5) is 17.1 Å². The number of benzene rings is 5. The van der Waals surface area contributed by atoms with Crippen LogP contribution >= 0.6 is 0 Å². The SMILES string of the molecule is O=S(=O)(O)c1cc(N=C([O-])c2ccccc2)c2c([O-])c(N=Nc3ccccc3Oc3ccccc3C3CCCCC3)c(S(=O)(=O)O)cc2c1.[Na+].[Na+]. The minimum absolute atomic E-state index is 0. The van der Waals surface area contributed by atoms with Crippen LogP contribution in [0.5, 0.6) is 17.2 Å². The van der Waals surface area contributed by atoms with Crippen molar-refractivity contribution in [2.24, 2.45) is 15.2 Å². The molecule has 0 unspecified atom stereocenters. The number of aliphatic imine (C=N–C) groups is 1. The first-order valence-corrected chi connectivity index (χ1v) is 18.1. The molecule has 0 heterocycles. The van der Waals surface area contributed by atoms with Crippen molar-refractivity contribution in [1.29, 1.82) is 0 Å². The van der Waals surface area contributed by atoms with E-state index in [1.165, 1.54) is 18.6 Å². The van der Waals surface area contributed by atoms with E-state index in [0.29, 0.717) is 11.7 Å². The molecule has 0 radical (unpaired) electrons. The van der Waals surface area contributed by atoms with Gasteiger partial charge in [-0.1, -0.05) is 85.7 Å². The fraction of sp³-hybridized carbons (Fsp3) is 0.171. The molecule has 0 atom stereocenters. The summed E-state index contributed by atoms with van der Waals surface area (Å²) in [6, 6.07) is 24.3. The summed E-state index contributed by atoms with van der Waals surface area (Å²) < 4.78 is 75.4. The Kier molecular flexibility index (Phi) is 13.6. The molecule has 12 nitrogen and oxygen atoms in total. The van der Waals surface area contributed by atoms with Crippen molar-refractivity contribution >= 4 is 54.0 Å². The average molecular weight is 746 g/mol. The fourth-order valence-corrected chi connectivity index (χ4v) is 7.07. The van der Waals surface area contributed by atoms with Gasteiger partial charge < -0.3 is 14.9 Å². The third kappa shape index (κ3) is 9.45. The van der Waals surface area contributed by atoms with Crippen LogP contribution in [0.2, 0.25) is 0 Å². The smallest absolute Gasteiger partial charge is 0.870 e. The molecule has 16 heteroatoms.